The highest BCUT2D eigenvalue weighted by Gasteiger charge is 2.31. The van der Waals surface area contributed by atoms with Crippen molar-refractivity contribution < 1.29 is 17.9 Å². The molecule has 2 saturated heterocycles. The Kier molecular flexibility index (Phi) is 6.47. The number of piperazine rings is 2. The van der Waals surface area contributed by atoms with Gasteiger partial charge in [0.15, 0.2) is 0 Å². The molecule has 0 N–H and O–H groups in total. The van der Waals surface area contributed by atoms with Crippen LogP contribution in [0.15, 0.2) is 36.5 Å². The van der Waals surface area contributed by atoms with Crippen molar-refractivity contribution in [3.63, 3.8) is 0 Å². The Hall–Kier alpha value is -2.59. The second-order valence-corrected chi connectivity index (χ2v) is 7.96. The first-order chi connectivity index (χ1) is 14.9. The van der Waals surface area contributed by atoms with Gasteiger partial charge in [-0.25, -0.2) is 4.98 Å². The van der Waals surface area contributed by atoms with E-state index in [1.54, 1.807) is 12.1 Å². The molecule has 0 amide bonds. The van der Waals surface area contributed by atoms with Crippen LogP contribution in [0, 0.1) is 0 Å². The van der Waals surface area contributed by atoms with Gasteiger partial charge in [0.1, 0.15) is 11.6 Å². The average molecular weight is 436 g/mol. The van der Waals surface area contributed by atoms with Gasteiger partial charge in [0.25, 0.3) is 0 Å². The molecule has 1 aromatic heterocycles. The zero-order valence-corrected chi connectivity index (χ0v) is 17.6. The smallest absolute Gasteiger partial charge is 0.406 e. The summed E-state index contributed by atoms with van der Waals surface area (Å²) in [6, 6.07) is 8.04. The van der Waals surface area contributed by atoms with Crippen molar-refractivity contribution in [1.82, 2.24) is 19.8 Å². The van der Waals surface area contributed by atoms with Crippen molar-refractivity contribution in [3.8, 4) is 5.75 Å². The van der Waals surface area contributed by atoms with Crippen molar-refractivity contribution in [2.45, 2.75) is 12.9 Å². The van der Waals surface area contributed by atoms with E-state index in [2.05, 4.69) is 36.4 Å². The SMILES string of the molecule is CN1CCN(c2ccnc(N3CCN(Cc4ccc(OC(F)(F)F)cc4)CC3)n2)CC1. The van der Waals surface area contributed by atoms with Gasteiger partial charge in [-0.05, 0) is 30.8 Å². The van der Waals surface area contributed by atoms with Gasteiger partial charge in [-0.15, -0.1) is 13.2 Å². The van der Waals surface area contributed by atoms with E-state index in [9.17, 15) is 13.2 Å². The number of likely N-dealkylation sites (N-methyl/N-ethyl adjacent to an activating group) is 1. The highest BCUT2D eigenvalue weighted by Crippen LogP contribution is 2.23. The van der Waals surface area contributed by atoms with Gasteiger partial charge in [0, 0.05) is 65.1 Å². The number of aromatic nitrogens is 2. The first-order valence-corrected chi connectivity index (χ1v) is 10.4. The summed E-state index contributed by atoms with van der Waals surface area (Å²) in [5.41, 5.74) is 0.955. The number of halogens is 3. The van der Waals surface area contributed by atoms with Gasteiger partial charge in [-0.1, -0.05) is 12.1 Å². The average Bonchev–Trinajstić information content (AvgIpc) is 2.75. The van der Waals surface area contributed by atoms with E-state index in [-0.39, 0.29) is 5.75 Å². The number of ether oxygens (including phenoxy) is 1. The lowest BCUT2D eigenvalue weighted by atomic mass is 10.2. The van der Waals surface area contributed by atoms with Gasteiger partial charge < -0.3 is 19.4 Å². The predicted molar refractivity (Wildman–Crippen MR) is 112 cm³/mol. The van der Waals surface area contributed by atoms with Gasteiger partial charge in [0.2, 0.25) is 5.95 Å². The third-order valence-corrected chi connectivity index (χ3v) is 5.67. The lowest BCUT2D eigenvalue weighted by Gasteiger charge is -2.36. The van der Waals surface area contributed by atoms with Crippen LogP contribution in [0.3, 0.4) is 0 Å². The lowest BCUT2D eigenvalue weighted by Crippen LogP contribution is -2.47. The Balaban J connectivity index is 1.29. The molecule has 3 heterocycles. The van der Waals surface area contributed by atoms with E-state index in [1.807, 2.05) is 12.3 Å². The molecule has 10 heteroatoms. The van der Waals surface area contributed by atoms with Gasteiger partial charge in [-0.3, -0.25) is 4.90 Å². The Morgan fingerprint density at radius 2 is 1.52 bits per heavy atom. The fourth-order valence-corrected chi connectivity index (χ4v) is 3.86. The van der Waals surface area contributed by atoms with Crippen molar-refractivity contribution >= 4 is 11.8 Å². The second kappa shape index (κ2) is 9.27. The number of anilines is 2. The van der Waals surface area contributed by atoms with Crippen LogP contribution in [-0.4, -0.2) is 85.5 Å². The highest BCUT2D eigenvalue weighted by atomic mass is 19.4. The largest absolute Gasteiger partial charge is 0.573 e. The molecule has 2 aromatic rings. The molecule has 7 nitrogen and oxygen atoms in total. The fourth-order valence-electron chi connectivity index (χ4n) is 3.86. The highest BCUT2D eigenvalue weighted by molar-refractivity contribution is 5.44. The molecule has 2 fully saturated rings. The van der Waals surface area contributed by atoms with Gasteiger partial charge >= 0.3 is 6.36 Å². The van der Waals surface area contributed by atoms with E-state index in [0.717, 1.165) is 69.7 Å². The first kappa shape index (κ1) is 21.6. The zero-order valence-electron chi connectivity index (χ0n) is 17.6. The molecule has 0 aliphatic carbocycles. The summed E-state index contributed by atoms with van der Waals surface area (Å²) >= 11 is 0. The molecule has 2 aliphatic heterocycles. The zero-order chi connectivity index (χ0) is 21.8. The second-order valence-electron chi connectivity index (χ2n) is 7.96. The maximum atomic E-state index is 12.3. The van der Waals surface area contributed by atoms with Crippen LogP contribution < -0.4 is 14.5 Å². The number of hydrogen-bond acceptors (Lipinski definition) is 7. The molecule has 1 aromatic carbocycles. The fraction of sp³-hybridized carbons (Fsp3) is 0.524. The molecule has 4 rings (SSSR count). The van der Waals surface area contributed by atoms with Crippen LogP contribution >= 0.6 is 0 Å². The van der Waals surface area contributed by atoms with Crippen LogP contribution in [0.25, 0.3) is 0 Å². The minimum atomic E-state index is -4.67. The van der Waals surface area contributed by atoms with Crippen LogP contribution in [0.1, 0.15) is 5.56 Å². The minimum Gasteiger partial charge on any atom is -0.406 e. The molecular weight excluding hydrogens is 409 g/mol. The van der Waals surface area contributed by atoms with Crippen LogP contribution in [0.4, 0.5) is 24.9 Å². The summed E-state index contributed by atoms with van der Waals surface area (Å²) in [6.07, 6.45) is -2.84. The molecular formula is C21H27F3N6O. The van der Waals surface area contributed by atoms with E-state index >= 15 is 0 Å². The quantitative estimate of drug-likeness (QED) is 0.714. The molecule has 0 radical (unpaired) electrons. The number of hydrogen-bond donors (Lipinski definition) is 0. The van der Waals surface area contributed by atoms with E-state index in [4.69, 9.17) is 4.98 Å². The number of nitrogens with zero attached hydrogens (tertiary/aromatic N) is 6. The summed E-state index contributed by atoms with van der Waals surface area (Å²) in [7, 11) is 2.13. The summed E-state index contributed by atoms with van der Waals surface area (Å²) in [5.74, 6) is 1.53. The molecule has 0 saturated carbocycles. The number of benzene rings is 1. The first-order valence-electron chi connectivity index (χ1n) is 10.4. The van der Waals surface area contributed by atoms with Gasteiger partial charge in [-0.2, -0.15) is 4.98 Å². The molecule has 0 unspecified atom stereocenters. The number of rotatable bonds is 5. The Morgan fingerprint density at radius 3 is 2.16 bits per heavy atom. The van der Waals surface area contributed by atoms with Crippen molar-refractivity contribution in [2.24, 2.45) is 0 Å². The van der Waals surface area contributed by atoms with Crippen LogP contribution in [0.5, 0.6) is 5.75 Å². The summed E-state index contributed by atoms with van der Waals surface area (Å²) in [4.78, 5) is 18.3. The molecule has 168 valence electrons. The maximum absolute atomic E-state index is 12.3. The molecule has 0 atom stereocenters. The summed E-state index contributed by atoms with van der Waals surface area (Å²) in [5, 5.41) is 0. The Bertz CT molecular complexity index is 847. The Labute approximate surface area is 180 Å². The lowest BCUT2D eigenvalue weighted by molar-refractivity contribution is -0.274. The number of alkyl halides is 3. The molecule has 0 spiro atoms. The predicted octanol–water partition coefficient (Wildman–Crippen LogP) is 2.45. The normalized spacial score (nSPS) is 19.0. The molecule has 31 heavy (non-hydrogen) atoms. The van der Waals surface area contributed by atoms with Crippen LogP contribution in [-0.2, 0) is 6.54 Å². The monoisotopic (exact) mass is 436 g/mol. The van der Waals surface area contributed by atoms with Gasteiger partial charge in [0.05, 0.1) is 0 Å². The van der Waals surface area contributed by atoms with Crippen molar-refractivity contribution in [3.05, 3.63) is 42.1 Å². The van der Waals surface area contributed by atoms with Crippen molar-refractivity contribution in [1.29, 1.82) is 0 Å². The summed E-state index contributed by atoms with van der Waals surface area (Å²) < 4.78 is 40.8. The van der Waals surface area contributed by atoms with E-state index in [1.165, 1.54) is 12.1 Å². The van der Waals surface area contributed by atoms with E-state index < -0.39 is 6.36 Å². The molecule has 0 bridgehead atoms. The van der Waals surface area contributed by atoms with Crippen LogP contribution in [0.2, 0.25) is 0 Å². The molecule has 2 aliphatic rings. The standard InChI is InChI=1S/C21H27F3N6O/c1-27-8-12-29(13-9-27)19-6-7-25-20(26-19)30-14-10-28(11-15-30)16-17-2-4-18(5-3-17)31-21(22,23)24/h2-7H,8-16H2,1H3. The Morgan fingerprint density at radius 1 is 0.871 bits per heavy atom. The van der Waals surface area contributed by atoms with E-state index in [0.29, 0.717) is 6.54 Å². The van der Waals surface area contributed by atoms with Crippen molar-refractivity contribution in [2.75, 3.05) is 69.2 Å². The topological polar surface area (TPSA) is 48.0 Å². The maximum Gasteiger partial charge on any atom is 0.573 e. The minimum absolute atomic E-state index is 0.196. The summed E-state index contributed by atoms with van der Waals surface area (Å²) in [6.45, 7) is 7.96. The third kappa shape index (κ3) is 5.98. The third-order valence-electron chi connectivity index (χ3n) is 5.67.